The van der Waals surface area contributed by atoms with Crippen LogP contribution in [0.25, 0.3) is 10.9 Å². The highest BCUT2D eigenvalue weighted by molar-refractivity contribution is 6.40. The molecular weight excluding hydrogens is 266 g/mol. The van der Waals surface area contributed by atoms with Gasteiger partial charge in [0.15, 0.2) is 0 Å². The van der Waals surface area contributed by atoms with Crippen LogP contribution in [-0.4, -0.2) is 34.8 Å². The van der Waals surface area contributed by atoms with E-state index in [1.54, 1.807) is 17.2 Å². The third-order valence-corrected chi connectivity index (χ3v) is 3.72. The van der Waals surface area contributed by atoms with Crippen LogP contribution >= 0.6 is 0 Å². The second kappa shape index (κ2) is 5.91. The maximum Gasteiger partial charge on any atom is 0.313 e. The minimum atomic E-state index is -0.588. The summed E-state index contributed by atoms with van der Waals surface area (Å²) in [5.41, 5.74) is 1.27. The Balaban J connectivity index is 1.78. The van der Waals surface area contributed by atoms with Gasteiger partial charge in [-0.05, 0) is 31.4 Å². The van der Waals surface area contributed by atoms with E-state index in [1.807, 2.05) is 24.3 Å². The molecule has 1 aromatic carbocycles. The van der Waals surface area contributed by atoms with Crippen LogP contribution < -0.4 is 5.32 Å². The van der Waals surface area contributed by atoms with Crippen molar-refractivity contribution in [1.82, 2.24) is 9.88 Å². The number of carbonyl (C=O) groups is 2. The van der Waals surface area contributed by atoms with Crippen LogP contribution in [0, 0.1) is 0 Å². The highest BCUT2D eigenvalue weighted by atomic mass is 16.2. The van der Waals surface area contributed by atoms with Crippen molar-refractivity contribution in [2.45, 2.75) is 19.3 Å². The number of pyridine rings is 1. The van der Waals surface area contributed by atoms with Gasteiger partial charge in [-0.2, -0.15) is 0 Å². The van der Waals surface area contributed by atoms with Gasteiger partial charge in [0, 0.05) is 24.7 Å². The maximum absolute atomic E-state index is 12.1. The Bertz CT molecular complexity index is 673. The van der Waals surface area contributed by atoms with Crippen LogP contribution in [0.15, 0.2) is 36.5 Å². The molecule has 5 nitrogen and oxygen atoms in total. The van der Waals surface area contributed by atoms with E-state index in [2.05, 4.69) is 10.3 Å². The van der Waals surface area contributed by atoms with E-state index in [0.29, 0.717) is 24.3 Å². The fourth-order valence-electron chi connectivity index (χ4n) is 2.62. The third-order valence-electron chi connectivity index (χ3n) is 3.72. The Hall–Kier alpha value is -2.43. The average molecular weight is 283 g/mol. The zero-order chi connectivity index (χ0) is 14.7. The first-order valence-corrected chi connectivity index (χ1v) is 7.20. The molecule has 21 heavy (non-hydrogen) atoms. The van der Waals surface area contributed by atoms with Crippen molar-refractivity contribution in [1.29, 1.82) is 0 Å². The average Bonchev–Trinajstić information content (AvgIpc) is 2.55. The number of amides is 2. The van der Waals surface area contributed by atoms with Gasteiger partial charge in [0.25, 0.3) is 0 Å². The fourth-order valence-corrected chi connectivity index (χ4v) is 2.62. The van der Waals surface area contributed by atoms with Gasteiger partial charge in [-0.3, -0.25) is 14.6 Å². The summed E-state index contributed by atoms with van der Waals surface area (Å²) in [5.74, 6) is -1.04. The molecule has 0 saturated carbocycles. The van der Waals surface area contributed by atoms with Crippen LogP contribution in [0.3, 0.4) is 0 Å². The zero-order valence-corrected chi connectivity index (χ0v) is 11.7. The monoisotopic (exact) mass is 283 g/mol. The molecule has 5 heteroatoms. The number of anilines is 1. The van der Waals surface area contributed by atoms with E-state index in [1.165, 1.54) is 0 Å². The number of nitrogens with zero attached hydrogens (tertiary/aromatic N) is 2. The molecule has 3 rings (SSSR count). The molecule has 108 valence electrons. The van der Waals surface area contributed by atoms with E-state index < -0.39 is 11.8 Å². The van der Waals surface area contributed by atoms with Gasteiger partial charge in [-0.25, -0.2) is 0 Å². The van der Waals surface area contributed by atoms with Gasteiger partial charge >= 0.3 is 11.8 Å². The Labute approximate surface area is 123 Å². The second-order valence-electron chi connectivity index (χ2n) is 5.19. The van der Waals surface area contributed by atoms with Crippen LogP contribution in [0.5, 0.6) is 0 Å². The van der Waals surface area contributed by atoms with Crippen molar-refractivity contribution in [2.75, 3.05) is 18.4 Å². The lowest BCUT2D eigenvalue weighted by Crippen LogP contribution is -2.42. The number of fused-ring (bicyclic) bond motifs is 1. The summed E-state index contributed by atoms with van der Waals surface area (Å²) in [4.78, 5) is 30.1. The van der Waals surface area contributed by atoms with Crippen LogP contribution in [0.1, 0.15) is 19.3 Å². The largest absolute Gasteiger partial charge is 0.334 e. The van der Waals surface area contributed by atoms with Crippen LogP contribution in [0.4, 0.5) is 5.69 Å². The molecule has 1 fully saturated rings. The molecular formula is C16H17N3O2. The van der Waals surface area contributed by atoms with Crippen molar-refractivity contribution >= 4 is 28.4 Å². The molecule has 0 aliphatic carbocycles. The summed E-state index contributed by atoms with van der Waals surface area (Å²) in [5, 5.41) is 3.62. The molecule has 2 amide bonds. The molecule has 2 aromatic rings. The van der Waals surface area contributed by atoms with Crippen molar-refractivity contribution in [3.63, 3.8) is 0 Å². The lowest BCUT2D eigenvalue weighted by molar-refractivity contribution is -0.143. The maximum atomic E-state index is 12.1. The zero-order valence-electron chi connectivity index (χ0n) is 11.7. The predicted octanol–water partition coefficient (Wildman–Crippen LogP) is 2.19. The van der Waals surface area contributed by atoms with E-state index in [-0.39, 0.29) is 0 Å². The van der Waals surface area contributed by atoms with E-state index in [9.17, 15) is 9.59 Å². The summed E-state index contributed by atoms with van der Waals surface area (Å²) >= 11 is 0. The van der Waals surface area contributed by atoms with Crippen molar-refractivity contribution in [3.8, 4) is 0 Å². The number of benzene rings is 1. The third kappa shape index (κ3) is 2.86. The van der Waals surface area contributed by atoms with Gasteiger partial charge in [0.1, 0.15) is 0 Å². The Kier molecular flexibility index (Phi) is 3.81. The quantitative estimate of drug-likeness (QED) is 0.816. The molecule has 1 aliphatic rings. The van der Waals surface area contributed by atoms with Gasteiger partial charge in [-0.15, -0.1) is 0 Å². The number of rotatable bonds is 1. The highest BCUT2D eigenvalue weighted by Gasteiger charge is 2.23. The summed E-state index contributed by atoms with van der Waals surface area (Å²) in [6, 6.07) is 9.28. The standard InChI is InChI=1S/C16H17N3O2/c20-15(16(21)19-10-2-1-3-11-19)18-13-8-4-6-12-7-5-9-17-14(12)13/h4-9H,1-3,10-11H2,(H,18,20). The molecule has 1 N–H and O–H groups in total. The lowest BCUT2D eigenvalue weighted by atomic mass is 10.1. The molecule has 0 radical (unpaired) electrons. The number of nitrogens with one attached hydrogen (secondary N) is 1. The predicted molar refractivity (Wildman–Crippen MR) is 80.8 cm³/mol. The summed E-state index contributed by atoms with van der Waals surface area (Å²) in [6.45, 7) is 1.33. The van der Waals surface area contributed by atoms with Gasteiger partial charge in [-0.1, -0.05) is 18.2 Å². The van der Waals surface area contributed by atoms with Gasteiger partial charge < -0.3 is 10.2 Å². The first kappa shape index (κ1) is 13.5. The molecule has 0 bridgehead atoms. The number of hydrogen-bond acceptors (Lipinski definition) is 3. The highest BCUT2D eigenvalue weighted by Crippen LogP contribution is 2.20. The topological polar surface area (TPSA) is 62.3 Å². The van der Waals surface area contributed by atoms with Gasteiger partial charge in [0.2, 0.25) is 0 Å². The normalized spacial score (nSPS) is 15.0. The number of aromatic nitrogens is 1. The molecule has 1 aliphatic heterocycles. The molecule has 0 atom stereocenters. The number of carbonyl (C=O) groups excluding carboxylic acids is 2. The van der Waals surface area contributed by atoms with Crippen LogP contribution in [-0.2, 0) is 9.59 Å². The number of likely N-dealkylation sites (tertiary alicyclic amines) is 1. The number of piperidine rings is 1. The first-order valence-electron chi connectivity index (χ1n) is 7.20. The SMILES string of the molecule is O=C(Nc1cccc2cccnc12)C(=O)N1CCCCC1. The minimum absolute atomic E-state index is 0.456. The molecule has 0 spiro atoms. The number of para-hydroxylation sites is 1. The molecule has 2 heterocycles. The summed E-state index contributed by atoms with van der Waals surface area (Å²) in [7, 11) is 0. The van der Waals surface area contributed by atoms with Gasteiger partial charge in [0.05, 0.1) is 11.2 Å². The lowest BCUT2D eigenvalue weighted by Gasteiger charge is -2.25. The summed E-state index contributed by atoms with van der Waals surface area (Å²) < 4.78 is 0. The van der Waals surface area contributed by atoms with E-state index in [4.69, 9.17) is 0 Å². The minimum Gasteiger partial charge on any atom is -0.334 e. The molecule has 1 saturated heterocycles. The second-order valence-corrected chi connectivity index (χ2v) is 5.19. The van der Waals surface area contributed by atoms with E-state index >= 15 is 0 Å². The Morgan fingerprint density at radius 2 is 1.81 bits per heavy atom. The molecule has 0 unspecified atom stereocenters. The van der Waals surface area contributed by atoms with Crippen molar-refractivity contribution < 1.29 is 9.59 Å². The van der Waals surface area contributed by atoms with E-state index in [0.717, 1.165) is 24.6 Å². The Morgan fingerprint density at radius 1 is 1.05 bits per heavy atom. The fraction of sp³-hybridized carbons (Fsp3) is 0.312. The van der Waals surface area contributed by atoms with Crippen molar-refractivity contribution in [3.05, 3.63) is 36.5 Å². The Morgan fingerprint density at radius 3 is 2.62 bits per heavy atom. The van der Waals surface area contributed by atoms with Crippen LogP contribution in [0.2, 0.25) is 0 Å². The molecule has 1 aromatic heterocycles. The summed E-state index contributed by atoms with van der Waals surface area (Å²) in [6.07, 6.45) is 4.73. The smallest absolute Gasteiger partial charge is 0.313 e. The first-order chi connectivity index (χ1) is 10.3. The van der Waals surface area contributed by atoms with Crippen molar-refractivity contribution in [2.24, 2.45) is 0 Å². The number of hydrogen-bond donors (Lipinski definition) is 1.